The predicted octanol–water partition coefficient (Wildman–Crippen LogP) is 3.68. The molecule has 0 unspecified atom stereocenters. The minimum Gasteiger partial charge on any atom is -0.230 e. The molecule has 1 aromatic rings. The lowest BCUT2D eigenvalue weighted by Gasteiger charge is -2.02. The van der Waals surface area contributed by atoms with E-state index in [9.17, 15) is 13.2 Å². The molecular weight excluding hydrogens is 303 g/mol. The summed E-state index contributed by atoms with van der Waals surface area (Å²) in [5.41, 5.74) is -0.448. The van der Waals surface area contributed by atoms with Crippen molar-refractivity contribution < 1.29 is 13.2 Å². The summed E-state index contributed by atoms with van der Waals surface area (Å²) in [4.78, 5) is 3.47. The molecule has 0 aromatic carbocycles. The number of aromatic nitrogens is 1. The van der Waals surface area contributed by atoms with E-state index in [0.717, 1.165) is 6.07 Å². The van der Waals surface area contributed by atoms with Crippen molar-refractivity contribution in [3.8, 4) is 0 Å². The second-order valence-corrected chi connectivity index (χ2v) is 3.44. The fourth-order valence-electron chi connectivity index (χ4n) is 0.613. The number of nitrogens with zero attached hydrogens (tertiary/aromatic N) is 1. The molecule has 0 amide bonds. The summed E-state index contributed by atoms with van der Waals surface area (Å²) < 4.78 is 36.7. The van der Waals surface area contributed by atoms with Gasteiger partial charge in [0.1, 0.15) is 9.21 Å². The summed E-state index contributed by atoms with van der Waals surface area (Å²) in [5.74, 6) is -0.798. The smallest absolute Gasteiger partial charge is 0.230 e. The quantitative estimate of drug-likeness (QED) is 0.721. The van der Waals surface area contributed by atoms with Crippen molar-refractivity contribution in [2.45, 2.75) is 6.43 Å². The van der Waals surface area contributed by atoms with Gasteiger partial charge in [-0.1, -0.05) is 0 Å². The second-order valence-electron chi connectivity index (χ2n) is 1.94. The van der Waals surface area contributed by atoms with Crippen molar-refractivity contribution in [1.82, 2.24) is 4.98 Å². The van der Waals surface area contributed by atoms with Gasteiger partial charge in [0.2, 0.25) is 0 Å². The van der Waals surface area contributed by atoms with Crippen LogP contribution in [0.5, 0.6) is 0 Å². The molecule has 0 aliphatic rings. The van der Waals surface area contributed by atoms with E-state index in [2.05, 4.69) is 36.8 Å². The molecule has 0 aliphatic carbocycles. The van der Waals surface area contributed by atoms with Gasteiger partial charge >= 0.3 is 0 Å². The molecule has 1 heterocycles. The Bertz CT molecular complexity index is 303. The first-order chi connectivity index (χ1) is 5.52. The van der Waals surface area contributed by atoms with Crippen LogP contribution >= 0.6 is 31.9 Å². The summed E-state index contributed by atoms with van der Waals surface area (Å²) in [6.07, 6.45) is -2.73. The Morgan fingerprint density at radius 3 is 2.33 bits per heavy atom. The fourth-order valence-corrected chi connectivity index (χ4v) is 1.61. The van der Waals surface area contributed by atoms with E-state index in [1.807, 2.05) is 0 Å². The average Bonchev–Trinajstić information content (AvgIpc) is 1.96. The molecule has 0 radical (unpaired) electrons. The van der Waals surface area contributed by atoms with Gasteiger partial charge in [-0.05, 0) is 37.9 Å². The van der Waals surface area contributed by atoms with E-state index in [1.54, 1.807) is 0 Å². The van der Waals surface area contributed by atoms with Crippen LogP contribution in [0.3, 0.4) is 0 Å². The van der Waals surface area contributed by atoms with E-state index in [0.29, 0.717) is 0 Å². The van der Waals surface area contributed by atoms with E-state index in [4.69, 9.17) is 0 Å². The van der Waals surface area contributed by atoms with Crippen molar-refractivity contribution in [1.29, 1.82) is 0 Å². The Balaban J connectivity index is 3.23. The van der Waals surface area contributed by atoms with Crippen LogP contribution in [-0.4, -0.2) is 4.98 Å². The van der Waals surface area contributed by atoms with Crippen LogP contribution in [-0.2, 0) is 0 Å². The third-order valence-electron chi connectivity index (χ3n) is 1.15. The summed E-state index contributed by atoms with van der Waals surface area (Å²) >= 11 is 5.56. The van der Waals surface area contributed by atoms with E-state index >= 15 is 0 Å². The SMILES string of the molecule is Fc1cc(C(F)F)c(Br)nc1Br. The molecule has 0 saturated carbocycles. The maximum Gasteiger partial charge on any atom is 0.266 e. The van der Waals surface area contributed by atoms with Crippen LogP contribution in [0, 0.1) is 5.82 Å². The molecule has 0 fully saturated rings. The highest BCUT2D eigenvalue weighted by atomic mass is 79.9. The van der Waals surface area contributed by atoms with Crippen LogP contribution in [0.1, 0.15) is 12.0 Å². The van der Waals surface area contributed by atoms with Crippen LogP contribution in [0.4, 0.5) is 13.2 Å². The van der Waals surface area contributed by atoms with Gasteiger partial charge < -0.3 is 0 Å². The molecule has 0 aliphatic heterocycles. The number of alkyl halides is 2. The standard InChI is InChI=1S/C6H2Br2F3N/c7-4-2(6(10)11)1-3(9)5(8)12-4/h1,6H. The van der Waals surface area contributed by atoms with Gasteiger partial charge in [-0.2, -0.15) is 0 Å². The van der Waals surface area contributed by atoms with Gasteiger partial charge in [0.05, 0.1) is 5.56 Å². The first-order valence-electron chi connectivity index (χ1n) is 2.82. The highest BCUT2D eigenvalue weighted by Gasteiger charge is 2.15. The number of hydrogen-bond donors (Lipinski definition) is 0. The lowest BCUT2D eigenvalue weighted by Crippen LogP contribution is -1.93. The highest BCUT2D eigenvalue weighted by Crippen LogP contribution is 2.28. The normalized spacial score (nSPS) is 10.8. The summed E-state index contributed by atoms with van der Waals surface area (Å²) in [6, 6.07) is 0.742. The number of rotatable bonds is 1. The van der Waals surface area contributed by atoms with Crippen LogP contribution in [0.2, 0.25) is 0 Å². The minimum atomic E-state index is -2.73. The lowest BCUT2D eigenvalue weighted by molar-refractivity contribution is 0.149. The molecule has 6 heteroatoms. The maximum atomic E-state index is 12.7. The molecule has 0 saturated heterocycles. The van der Waals surface area contributed by atoms with Crippen molar-refractivity contribution in [2.75, 3.05) is 0 Å². The van der Waals surface area contributed by atoms with Crippen LogP contribution < -0.4 is 0 Å². The summed E-state index contributed by atoms with van der Waals surface area (Å²) in [6.45, 7) is 0. The minimum absolute atomic E-state index is 0.0502. The molecule has 1 rings (SSSR count). The Hall–Kier alpha value is -0.100. The third-order valence-corrected chi connectivity index (χ3v) is 2.34. The average molecular weight is 305 g/mol. The zero-order chi connectivity index (χ0) is 9.30. The Kier molecular flexibility index (Phi) is 3.11. The maximum absolute atomic E-state index is 12.7. The number of pyridine rings is 1. The van der Waals surface area contributed by atoms with Crippen molar-refractivity contribution in [3.63, 3.8) is 0 Å². The van der Waals surface area contributed by atoms with Gasteiger partial charge in [0.15, 0.2) is 5.82 Å². The van der Waals surface area contributed by atoms with E-state index < -0.39 is 17.8 Å². The molecule has 1 nitrogen and oxygen atoms in total. The van der Waals surface area contributed by atoms with Gasteiger partial charge in [-0.15, -0.1) is 0 Å². The predicted molar refractivity (Wildman–Crippen MR) is 44.6 cm³/mol. The zero-order valence-corrected chi connectivity index (χ0v) is 8.66. The molecule has 0 atom stereocenters. The number of halogens is 5. The van der Waals surface area contributed by atoms with Crippen molar-refractivity contribution in [2.24, 2.45) is 0 Å². The fraction of sp³-hybridized carbons (Fsp3) is 0.167. The lowest BCUT2D eigenvalue weighted by atomic mass is 10.3. The molecule has 0 bridgehead atoms. The van der Waals surface area contributed by atoms with E-state index in [1.165, 1.54) is 0 Å². The Morgan fingerprint density at radius 1 is 1.25 bits per heavy atom. The highest BCUT2D eigenvalue weighted by molar-refractivity contribution is 9.11. The Labute approximate surface area is 83.2 Å². The van der Waals surface area contributed by atoms with Gasteiger partial charge in [-0.25, -0.2) is 18.2 Å². The zero-order valence-electron chi connectivity index (χ0n) is 5.49. The second kappa shape index (κ2) is 3.74. The summed E-state index contributed by atoms with van der Waals surface area (Å²) in [5, 5.41) is 0. The monoisotopic (exact) mass is 303 g/mol. The number of hydrogen-bond acceptors (Lipinski definition) is 1. The first-order valence-corrected chi connectivity index (χ1v) is 4.40. The van der Waals surface area contributed by atoms with Gasteiger partial charge in [0.25, 0.3) is 6.43 Å². The molecule has 1 aromatic heterocycles. The van der Waals surface area contributed by atoms with Crippen molar-refractivity contribution in [3.05, 3.63) is 26.7 Å². The molecule has 12 heavy (non-hydrogen) atoms. The third kappa shape index (κ3) is 1.98. The van der Waals surface area contributed by atoms with Gasteiger partial charge in [-0.3, -0.25) is 0 Å². The molecule has 0 spiro atoms. The van der Waals surface area contributed by atoms with Crippen LogP contribution in [0.25, 0.3) is 0 Å². The molecule has 0 N–H and O–H groups in total. The topological polar surface area (TPSA) is 12.9 Å². The largest absolute Gasteiger partial charge is 0.266 e. The first kappa shape index (κ1) is 9.98. The Morgan fingerprint density at radius 2 is 1.83 bits per heavy atom. The van der Waals surface area contributed by atoms with E-state index in [-0.39, 0.29) is 9.21 Å². The van der Waals surface area contributed by atoms with Crippen molar-refractivity contribution >= 4 is 31.9 Å². The van der Waals surface area contributed by atoms with Gasteiger partial charge in [0, 0.05) is 0 Å². The molecule has 66 valence electrons. The van der Waals surface area contributed by atoms with Crippen LogP contribution in [0.15, 0.2) is 15.3 Å². The summed E-state index contributed by atoms with van der Waals surface area (Å²) in [7, 11) is 0. The molecular formula is C6H2Br2F3N.